The van der Waals surface area contributed by atoms with Gasteiger partial charge in [0, 0.05) is 6.54 Å². The van der Waals surface area contributed by atoms with Crippen LogP contribution >= 0.6 is 0 Å². The topological polar surface area (TPSA) is 83.8 Å². The van der Waals surface area contributed by atoms with Crippen molar-refractivity contribution in [2.75, 3.05) is 5.73 Å². The van der Waals surface area contributed by atoms with Crippen LogP contribution in [0, 0.1) is 0 Å². The summed E-state index contributed by atoms with van der Waals surface area (Å²) in [4.78, 5) is 19.3. The van der Waals surface area contributed by atoms with Crippen molar-refractivity contribution in [3.63, 3.8) is 0 Å². The Balaban J connectivity index is 1.31. The lowest BCUT2D eigenvalue weighted by Gasteiger charge is -2.07. The highest BCUT2D eigenvalue weighted by molar-refractivity contribution is 5.79. The van der Waals surface area contributed by atoms with E-state index >= 15 is 0 Å². The van der Waals surface area contributed by atoms with Gasteiger partial charge >= 0.3 is 0 Å². The molecule has 0 radical (unpaired) electrons. The second-order valence-electron chi connectivity index (χ2n) is 6.90. The van der Waals surface area contributed by atoms with Gasteiger partial charge in [0.1, 0.15) is 0 Å². The van der Waals surface area contributed by atoms with Crippen molar-refractivity contribution in [2.24, 2.45) is 0 Å². The molecular weight excluding hydrogens is 360 g/mol. The van der Waals surface area contributed by atoms with E-state index in [1.54, 1.807) is 6.20 Å². The normalized spacial score (nSPS) is 10.6. The van der Waals surface area contributed by atoms with E-state index in [0.29, 0.717) is 18.9 Å². The highest BCUT2D eigenvalue weighted by atomic mass is 16.1. The second kappa shape index (κ2) is 8.44. The van der Waals surface area contributed by atoms with Crippen molar-refractivity contribution in [1.29, 1.82) is 0 Å². The lowest BCUT2D eigenvalue weighted by molar-refractivity contribution is -0.120. The molecular formula is C24H22N4O. The Morgan fingerprint density at radius 3 is 2.10 bits per heavy atom. The van der Waals surface area contributed by atoms with Crippen LogP contribution in [-0.4, -0.2) is 15.9 Å². The van der Waals surface area contributed by atoms with E-state index in [4.69, 9.17) is 5.73 Å². The summed E-state index contributed by atoms with van der Waals surface area (Å²) in [5.74, 6) is 0.399. The van der Waals surface area contributed by atoms with Gasteiger partial charge in [-0.25, -0.2) is 4.98 Å². The van der Waals surface area contributed by atoms with Crippen LogP contribution in [0.1, 0.15) is 11.1 Å². The largest absolute Gasteiger partial charge is 0.369 e. The minimum Gasteiger partial charge on any atom is -0.369 e. The molecule has 5 heteroatoms. The van der Waals surface area contributed by atoms with Crippen LogP contribution in [0.3, 0.4) is 0 Å². The maximum absolute atomic E-state index is 12.3. The number of nitrogens with two attached hydrogens (primary N) is 1. The zero-order chi connectivity index (χ0) is 20.1. The van der Waals surface area contributed by atoms with Gasteiger partial charge in [-0.1, -0.05) is 78.9 Å². The van der Waals surface area contributed by atoms with Gasteiger partial charge in [0.25, 0.3) is 0 Å². The molecule has 3 aromatic carbocycles. The fourth-order valence-electron chi connectivity index (χ4n) is 3.18. The van der Waals surface area contributed by atoms with E-state index in [2.05, 4.69) is 39.6 Å². The Kier molecular flexibility index (Phi) is 5.38. The Morgan fingerprint density at radius 2 is 1.45 bits per heavy atom. The monoisotopic (exact) mass is 382 g/mol. The van der Waals surface area contributed by atoms with Crippen molar-refractivity contribution in [2.45, 2.75) is 13.0 Å². The second-order valence-corrected chi connectivity index (χ2v) is 6.90. The van der Waals surface area contributed by atoms with Crippen LogP contribution in [0.2, 0.25) is 0 Å². The van der Waals surface area contributed by atoms with Crippen molar-refractivity contribution < 1.29 is 4.79 Å². The third-order valence-electron chi connectivity index (χ3n) is 4.78. The molecule has 0 saturated carbocycles. The van der Waals surface area contributed by atoms with Gasteiger partial charge in [-0.15, -0.1) is 0 Å². The number of amides is 1. The Morgan fingerprint density at radius 1 is 0.828 bits per heavy atom. The molecule has 1 aromatic heterocycles. The first-order chi connectivity index (χ1) is 14.2. The van der Waals surface area contributed by atoms with Crippen LogP contribution < -0.4 is 11.1 Å². The third-order valence-corrected chi connectivity index (χ3v) is 4.78. The number of imidazole rings is 1. The average molecular weight is 382 g/mol. The standard InChI is InChI=1S/C24H22N4O/c25-24-27-16-22(28-24)21-12-8-18(9-13-21)15-26-23(29)14-17-6-10-20(11-7-17)19-4-2-1-3-5-19/h1-13,16H,14-15H2,(H,26,29)(H3,25,27,28). The molecule has 0 aliphatic carbocycles. The number of carbonyl (C=O) groups excluding carboxylic acids is 1. The summed E-state index contributed by atoms with van der Waals surface area (Å²) in [5.41, 5.74) is 11.8. The smallest absolute Gasteiger partial charge is 0.224 e. The Labute approximate surface area is 169 Å². The summed E-state index contributed by atoms with van der Waals surface area (Å²) in [5, 5.41) is 2.98. The van der Waals surface area contributed by atoms with Crippen LogP contribution in [0.5, 0.6) is 0 Å². The average Bonchev–Trinajstić information content (AvgIpc) is 3.20. The zero-order valence-electron chi connectivity index (χ0n) is 15.9. The molecule has 0 atom stereocenters. The first-order valence-electron chi connectivity index (χ1n) is 9.48. The molecule has 4 N–H and O–H groups in total. The molecule has 0 unspecified atom stereocenters. The summed E-state index contributed by atoms with van der Waals surface area (Å²) >= 11 is 0. The summed E-state index contributed by atoms with van der Waals surface area (Å²) in [6.07, 6.45) is 2.07. The highest BCUT2D eigenvalue weighted by Crippen LogP contribution is 2.20. The molecule has 4 aromatic rings. The molecule has 144 valence electrons. The summed E-state index contributed by atoms with van der Waals surface area (Å²) in [6.45, 7) is 0.492. The minimum atomic E-state index is 0.00267. The van der Waals surface area contributed by atoms with Crippen LogP contribution in [0.4, 0.5) is 5.95 Å². The van der Waals surface area contributed by atoms with Crippen molar-refractivity contribution in [3.05, 3.63) is 96.2 Å². The highest BCUT2D eigenvalue weighted by Gasteiger charge is 2.05. The van der Waals surface area contributed by atoms with E-state index in [9.17, 15) is 4.79 Å². The van der Waals surface area contributed by atoms with Crippen LogP contribution in [0.25, 0.3) is 22.4 Å². The van der Waals surface area contributed by atoms with E-state index in [1.165, 1.54) is 5.56 Å². The first-order valence-corrected chi connectivity index (χ1v) is 9.48. The molecule has 0 fully saturated rings. The van der Waals surface area contributed by atoms with Crippen molar-refractivity contribution in [1.82, 2.24) is 15.3 Å². The molecule has 5 nitrogen and oxygen atoms in total. The molecule has 4 rings (SSSR count). The van der Waals surface area contributed by atoms with E-state index < -0.39 is 0 Å². The molecule has 1 heterocycles. The van der Waals surface area contributed by atoms with Gasteiger partial charge in [-0.05, 0) is 27.8 Å². The minimum absolute atomic E-state index is 0.00267. The summed E-state index contributed by atoms with van der Waals surface area (Å²) in [6, 6.07) is 26.3. The Hall–Kier alpha value is -3.86. The van der Waals surface area contributed by atoms with Gasteiger partial charge in [-0.2, -0.15) is 0 Å². The SMILES string of the molecule is Nc1ncc(-c2ccc(CNC(=O)Cc3ccc(-c4ccccc4)cc3)cc2)[nH]1. The number of hydrogen-bond donors (Lipinski definition) is 3. The molecule has 0 spiro atoms. The van der Waals surface area contributed by atoms with Crippen LogP contribution in [0.15, 0.2) is 85.1 Å². The lowest BCUT2D eigenvalue weighted by Crippen LogP contribution is -2.24. The quantitative estimate of drug-likeness (QED) is 0.468. The third kappa shape index (κ3) is 4.71. The van der Waals surface area contributed by atoms with Gasteiger partial charge in [0.05, 0.1) is 18.3 Å². The van der Waals surface area contributed by atoms with Crippen molar-refractivity contribution in [3.8, 4) is 22.4 Å². The lowest BCUT2D eigenvalue weighted by atomic mass is 10.0. The number of benzene rings is 3. The number of hydrogen-bond acceptors (Lipinski definition) is 3. The number of nitrogens with zero attached hydrogens (tertiary/aromatic N) is 1. The summed E-state index contributed by atoms with van der Waals surface area (Å²) in [7, 11) is 0. The molecule has 0 aliphatic heterocycles. The predicted octanol–water partition coefficient (Wildman–Crippen LogP) is 4.18. The number of rotatable bonds is 6. The predicted molar refractivity (Wildman–Crippen MR) is 116 cm³/mol. The molecule has 0 aliphatic rings. The number of anilines is 1. The maximum atomic E-state index is 12.3. The number of aromatic amines is 1. The van der Waals surface area contributed by atoms with E-state index in [0.717, 1.165) is 27.9 Å². The zero-order valence-corrected chi connectivity index (χ0v) is 15.9. The molecule has 0 bridgehead atoms. The number of nitrogen functional groups attached to an aromatic ring is 1. The number of carbonyl (C=O) groups is 1. The maximum Gasteiger partial charge on any atom is 0.224 e. The van der Waals surface area contributed by atoms with Crippen molar-refractivity contribution >= 4 is 11.9 Å². The summed E-state index contributed by atoms with van der Waals surface area (Å²) < 4.78 is 0. The van der Waals surface area contributed by atoms with Gasteiger partial charge in [0.2, 0.25) is 5.91 Å². The number of aromatic nitrogens is 2. The molecule has 29 heavy (non-hydrogen) atoms. The number of nitrogens with one attached hydrogen (secondary N) is 2. The fourth-order valence-corrected chi connectivity index (χ4v) is 3.18. The van der Waals surface area contributed by atoms with Gasteiger partial charge < -0.3 is 16.0 Å². The number of H-pyrrole nitrogens is 1. The molecule has 1 amide bonds. The van der Waals surface area contributed by atoms with E-state index in [-0.39, 0.29) is 5.91 Å². The molecule has 0 saturated heterocycles. The first kappa shape index (κ1) is 18.5. The fraction of sp³-hybridized carbons (Fsp3) is 0.0833. The van der Waals surface area contributed by atoms with Gasteiger partial charge in [0.15, 0.2) is 5.95 Å². The Bertz CT molecular complexity index is 1080. The van der Waals surface area contributed by atoms with E-state index in [1.807, 2.05) is 54.6 Å². The van der Waals surface area contributed by atoms with Gasteiger partial charge in [-0.3, -0.25) is 4.79 Å². The van der Waals surface area contributed by atoms with Crippen LogP contribution in [-0.2, 0) is 17.8 Å².